The van der Waals surface area contributed by atoms with E-state index in [4.69, 9.17) is 20.7 Å². The average molecular weight is 262 g/mol. The van der Waals surface area contributed by atoms with Crippen molar-refractivity contribution in [1.29, 1.82) is 0 Å². The monoisotopic (exact) mass is 262 g/mol. The quantitative estimate of drug-likeness (QED) is 0.382. The van der Waals surface area contributed by atoms with Gasteiger partial charge in [0.15, 0.2) is 0 Å². The van der Waals surface area contributed by atoms with Crippen LogP contribution in [0.1, 0.15) is 19.3 Å². The van der Waals surface area contributed by atoms with Gasteiger partial charge in [-0.25, -0.2) is 4.79 Å². The Morgan fingerprint density at radius 2 is 1.94 bits per heavy atom. The number of hydrogen-bond donors (Lipinski definition) is 4. The predicted octanol–water partition coefficient (Wildman–Crippen LogP) is -1.22. The molecule has 2 atom stereocenters. The molecular formula is C10H18N2O6. The Bertz CT molecular complexity index is 307. The van der Waals surface area contributed by atoms with Crippen molar-refractivity contribution < 1.29 is 29.3 Å². The fraction of sp³-hybridized carbons (Fsp3) is 0.700. The molecule has 0 aliphatic heterocycles. The van der Waals surface area contributed by atoms with Crippen LogP contribution in [0.5, 0.6) is 0 Å². The molecular weight excluding hydrogens is 244 g/mol. The molecule has 0 rings (SSSR count). The van der Waals surface area contributed by atoms with Crippen molar-refractivity contribution >= 4 is 17.8 Å². The van der Waals surface area contributed by atoms with Gasteiger partial charge in [-0.1, -0.05) is 0 Å². The third-order valence-electron chi connectivity index (χ3n) is 2.19. The number of carbonyl (C=O) groups is 3. The topological polar surface area (TPSA) is 139 Å². The van der Waals surface area contributed by atoms with Crippen molar-refractivity contribution in [3.63, 3.8) is 0 Å². The standard InChI is InChI=1S/C10H18N2O6/c1-18-4-2-3-7(10(16)17)12-9(15)6(11)5-8(13)14/h6-7H,2-5,11H2,1H3,(H,12,15)(H,13,14)(H,16,17). The summed E-state index contributed by atoms with van der Waals surface area (Å²) in [6.07, 6.45) is 0.104. The molecule has 0 bridgehead atoms. The molecule has 0 spiro atoms. The maximum absolute atomic E-state index is 11.4. The van der Waals surface area contributed by atoms with Gasteiger partial charge in [0.1, 0.15) is 6.04 Å². The van der Waals surface area contributed by atoms with Crippen LogP contribution in [0.15, 0.2) is 0 Å². The summed E-state index contributed by atoms with van der Waals surface area (Å²) in [7, 11) is 1.48. The molecule has 8 nitrogen and oxygen atoms in total. The summed E-state index contributed by atoms with van der Waals surface area (Å²) in [6.45, 7) is 0.376. The van der Waals surface area contributed by atoms with Crippen LogP contribution in [0.2, 0.25) is 0 Å². The lowest BCUT2D eigenvalue weighted by atomic mass is 10.1. The number of rotatable bonds is 9. The summed E-state index contributed by atoms with van der Waals surface area (Å²) in [4.78, 5) is 32.6. The Balaban J connectivity index is 4.26. The highest BCUT2D eigenvalue weighted by Crippen LogP contribution is 2.00. The van der Waals surface area contributed by atoms with Gasteiger partial charge in [-0.05, 0) is 12.8 Å². The maximum atomic E-state index is 11.4. The summed E-state index contributed by atoms with van der Waals surface area (Å²) in [5, 5.41) is 19.5. The molecule has 0 radical (unpaired) electrons. The van der Waals surface area contributed by atoms with Crippen LogP contribution >= 0.6 is 0 Å². The van der Waals surface area contributed by atoms with Gasteiger partial charge >= 0.3 is 11.9 Å². The first-order valence-corrected chi connectivity index (χ1v) is 5.38. The fourth-order valence-electron chi connectivity index (χ4n) is 1.25. The molecule has 18 heavy (non-hydrogen) atoms. The fourth-order valence-corrected chi connectivity index (χ4v) is 1.25. The first-order chi connectivity index (χ1) is 8.38. The Morgan fingerprint density at radius 1 is 1.33 bits per heavy atom. The van der Waals surface area contributed by atoms with Gasteiger partial charge in [-0.2, -0.15) is 0 Å². The number of ether oxygens (including phenoxy) is 1. The SMILES string of the molecule is COCCCC(NC(=O)C(N)CC(=O)O)C(=O)O. The summed E-state index contributed by atoms with van der Waals surface area (Å²) >= 11 is 0. The van der Waals surface area contributed by atoms with E-state index in [0.29, 0.717) is 13.0 Å². The van der Waals surface area contributed by atoms with Gasteiger partial charge in [-0.15, -0.1) is 0 Å². The highest BCUT2D eigenvalue weighted by Gasteiger charge is 2.24. The largest absolute Gasteiger partial charge is 0.481 e. The molecule has 0 saturated heterocycles. The van der Waals surface area contributed by atoms with E-state index in [-0.39, 0.29) is 6.42 Å². The van der Waals surface area contributed by atoms with E-state index in [1.54, 1.807) is 0 Å². The molecule has 0 aromatic carbocycles. The number of nitrogens with two attached hydrogens (primary N) is 1. The Labute approximate surface area is 104 Å². The second-order valence-electron chi connectivity index (χ2n) is 3.74. The lowest BCUT2D eigenvalue weighted by molar-refractivity contribution is -0.142. The van der Waals surface area contributed by atoms with E-state index in [1.807, 2.05) is 0 Å². The Hall–Kier alpha value is -1.67. The van der Waals surface area contributed by atoms with Crippen LogP contribution < -0.4 is 11.1 Å². The second-order valence-corrected chi connectivity index (χ2v) is 3.74. The molecule has 0 aromatic rings. The summed E-state index contributed by atoms with van der Waals surface area (Å²) in [5.41, 5.74) is 5.31. The molecule has 2 unspecified atom stereocenters. The lowest BCUT2D eigenvalue weighted by Crippen LogP contribution is -2.49. The maximum Gasteiger partial charge on any atom is 0.326 e. The van der Waals surface area contributed by atoms with E-state index in [2.05, 4.69) is 5.32 Å². The van der Waals surface area contributed by atoms with Crippen LogP contribution in [0.3, 0.4) is 0 Å². The van der Waals surface area contributed by atoms with Gasteiger partial charge in [0.2, 0.25) is 5.91 Å². The normalized spacial score (nSPS) is 13.7. The third-order valence-corrected chi connectivity index (χ3v) is 2.19. The van der Waals surface area contributed by atoms with Crippen molar-refractivity contribution in [2.75, 3.05) is 13.7 Å². The number of aliphatic carboxylic acids is 2. The van der Waals surface area contributed by atoms with Crippen molar-refractivity contribution in [3.05, 3.63) is 0 Å². The highest BCUT2D eigenvalue weighted by molar-refractivity contribution is 5.89. The van der Waals surface area contributed by atoms with Gasteiger partial charge in [0, 0.05) is 13.7 Å². The zero-order chi connectivity index (χ0) is 14.1. The number of nitrogens with one attached hydrogen (secondary N) is 1. The number of hydrogen-bond acceptors (Lipinski definition) is 5. The number of carbonyl (C=O) groups excluding carboxylic acids is 1. The molecule has 0 aliphatic carbocycles. The first-order valence-electron chi connectivity index (χ1n) is 5.38. The number of methoxy groups -OCH3 is 1. The predicted molar refractivity (Wildman–Crippen MR) is 60.9 cm³/mol. The van der Waals surface area contributed by atoms with Crippen LogP contribution in [0, 0.1) is 0 Å². The van der Waals surface area contributed by atoms with Crippen LogP contribution in [-0.2, 0) is 19.1 Å². The van der Waals surface area contributed by atoms with Crippen molar-refractivity contribution in [1.82, 2.24) is 5.32 Å². The van der Waals surface area contributed by atoms with Crippen molar-refractivity contribution in [2.45, 2.75) is 31.3 Å². The molecule has 8 heteroatoms. The van der Waals surface area contributed by atoms with Gasteiger partial charge in [0.05, 0.1) is 12.5 Å². The smallest absolute Gasteiger partial charge is 0.326 e. The first kappa shape index (κ1) is 16.3. The van der Waals surface area contributed by atoms with E-state index < -0.39 is 36.4 Å². The minimum absolute atomic E-state index is 0.189. The number of carboxylic acid groups (broad SMARTS) is 2. The third kappa shape index (κ3) is 6.81. The van der Waals surface area contributed by atoms with Crippen LogP contribution in [-0.4, -0.2) is 53.9 Å². The number of amides is 1. The molecule has 5 N–H and O–H groups in total. The molecule has 0 aliphatic rings. The van der Waals surface area contributed by atoms with Crippen molar-refractivity contribution in [3.8, 4) is 0 Å². The molecule has 104 valence electrons. The van der Waals surface area contributed by atoms with Crippen LogP contribution in [0.25, 0.3) is 0 Å². The van der Waals surface area contributed by atoms with Crippen LogP contribution in [0.4, 0.5) is 0 Å². The molecule has 0 heterocycles. The zero-order valence-electron chi connectivity index (χ0n) is 10.1. The molecule has 0 fully saturated rings. The minimum Gasteiger partial charge on any atom is -0.481 e. The van der Waals surface area contributed by atoms with E-state index in [1.165, 1.54) is 7.11 Å². The summed E-state index contributed by atoms with van der Waals surface area (Å²) in [6, 6.07) is -2.35. The Kier molecular flexibility index (Phi) is 7.64. The molecule has 0 aromatic heterocycles. The van der Waals surface area contributed by atoms with Gasteiger partial charge in [-0.3, -0.25) is 9.59 Å². The van der Waals surface area contributed by atoms with Gasteiger partial charge < -0.3 is 26.0 Å². The Morgan fingerprint density at radius 3 is 2.39 bits per heavy atom. The highest BCUT2D eigenvalue weighted by atomic mass is 16.5. The zero-order valence-corrected chi connectivity index (χ0v) is 10.1. The molecule has 1 amide bonds. The van der Waals surface area contributed by atoms with E-state index in [9.17, 15) is 14.4 Å². The minimum atomic E-state index is -1.26. The average Bonchev–Trinajstić information content (AvgIpc) is 2.26. The summed E-state index contributed by atoms with van der Waals surface area (Å²) < 4.78 is 4.77. The van der Waals surface area contributed by atoms with Gasteiger partial charge in [0.25, 0.3) is 0 Å². The van der Waals surface area contributed by atoms with Crippen molar-refractivity contribution in [2.24, 2.45) is 5.73 Å². The van der Waals surface area contributed by atoms with E-state index in [0.717, 1.165) is 0 Å². The molecule has 0 saturated carbocycles. The summed E-state index contributed by atoms with van der Waals surface area (Å²) in [5.74, 6) is -3.20. The number of carboxylic acids is 2. The lowest BCUT2D eigenvalue weighted by Gasteiger charge is -2.16. The second kappa shape index (κ2) is 8.43. The van der Waals surface area contributed by atoms with E-state index >= 15 is 0 Å².